The lowest BCUT2D eigenvalue weighted by Crippen LogP contribution is -2.42. The number of pyridine rings is 1. The van der Waals surface area contributed by atoms with Crippen molar-refractivity contribution in [2.24, 2.45) is 5.92 Å². The molecule has 1 amide bonds. The van der Waals surface area contributed by atoms with Crippen LogP contribution in [0.25, 0.3) is 11.0 Å². The molecular formula is C14H15F3N4O. The molecule has 0 aromatic carbocycles. The predicted molar refractivity (Wildman–Crippen MR) is 73.3 cm³/mol. The van der Waals surface area contributed by atoms with Gasteiger partial charge in [0.1, 0.15) is 0 Å². The third-order valence-electron chi connectivity index (χ3n) is 4.09. The summed E-state index contributed by atoms with van der Waals surface area (Å²) in [7, 11) is 0. The smallest absolute Gasteiger partial charge is 0.339 e. The van der Waals surface area contributed by atoms with Gasteiger partial charge in [-0.3, -0.25) is 9.89 Å². The second-order valence-electron chi connectivity index (χ2n) is 5.55. The molecule has 1 aliphatic rings. The highest BCUT2D eigenvalue weighted by Crippen LogP contribution is 2.34. The number of aromatic nitrogens is 3. The second-order valence-corrected chi connectivity index (χ2v) is 5.55. The molecule has 2 aromatic rings. The fourth-order valence-electron chi connectivity index (χ4n) is 2.73. The van der Waals surface area contributed by atoms with Gasteiger partial charge in [-0.1, -0.05) is 0 Å². The van der Waals surface area contributed by atoms with Crippen molar-refractivity contribution in [1.29, 1.82) is 0 Å². The number of carbonyl (C=O) groups is 1. The largest absolute Gasteiger partial charge is 0.391 e. The highest BCUT2D eigenvalue weighted by Gasteiger charge is 2.41. The number of nitrogens with zero attached hydrogens (tertiary/aromatic N) is 3. The lowest BCUT2D eigenvalue weighted by Gasteiger charge is -2.32. The number of hydrogen-bond donors (Lipinski definition) is 1. The first-order chi connectivity index (χ1) is 10.4. The lowest BCUT2D eigenvalue weighted by atomic mass is 9.96. The van der Waals surface area contributed by atoms with Crippen molar-refractivity contribution in [3.63, 3.8) is 0 Å². The van der Waals surface area contributed by atoms with Gasteiger partial charge in [0.2, 0.25) is 0 Å². The molecule has 0 saturated carbocycles. The molecule has 5 nitrogen and oxygen atoms in total. The van der Waals surface area contributed by atoms with Gasteiger partial charge in [0.05, 0.1) is 11.5 Å². The summed E-state index contributed by atoms with van der Waals surface area (Å²) in [6.45, 7) is 2.05. The van der Waals surface area contributed by atoms with E-state index in [9.17, 15) is 18.0 Å². The van der Waals surface area contributed by atoms with E-state index in [1.54, 1.807) is 6.07 Å². The standard InChI is InChI=1S/C14H15F3N4O/c1-8-11-6-9(7-18-12(11)20-19-8)13(22)21-4-2-10(3-5-21)14(15,16)17/h6-7,10H,2-5H2,1H3,(H,18,19,20). The van der Waals surface area contributed by atoms with E-state index in [4.69, 9.17) is 0 Å². The number of halogens is 3. The van der Waals surface area contributed by atoms with Gasteiger partial charge in [-0.2, -0.15) is 18.3 Å². The van der Waals surface area contributed by atoms with Crippen LogP contribution in [0.5, 0.6) is 0 Å². The Hall–Kier alpha value is -2.12. The zero-order valence-corrected chi connectivity index (χ0v) is 11.9. The summed E-state index contributed by atoms with van der Waals surface area (Å²) in [5.41, 5.74) is 1.69. The average molecular weight is 312 g/mol. The van der Waals surface area contributed by atoms with Crippen molar-refractivity contribution in [2.45, 2.75) is 25.9 Å². The normalized spacial score (nSPS) is 17.2. The van der Waals surface area contributed by atoms with E-state index < -0.39 is 12.1 Å². The fraction of sp³-hybridized carbons (Fsp3) is 0.500. The highest BCUT2D eigenvalue weighted by atomic mass is 19.4. The van der Waals surface area contributed by atoms with Crippen LogP contribution in [0, 0.1) is 12.8 Å². The van der Waals surface area contributed by atoms with Crippen LogP contribution < -0.4 is 0 Å². The number of alkyl halides is 3. The molecule has 118 valence electrons. The molecule has 2 aromatic heterocycles. The minimum Gasteiger partial charge on any atom is -0.339 e. The van der Waals surface area contributed by atoms with Gasteiger partial charge >= 0.3 is 6.18 Å². The van der Waals surface area contributed by atoms with E-state index in [1.165, 1.54) is 11.1 Å². The van der Waals surface area contributed by atoms with Gasteiger partial charge in [-0.15, -0.1) is 0 Å². The third kappa shape index (κ3) is 2.65. The molecule has 1 N–H and O–H groups in total. The van der Waals surface area contributed by atoms with E-state index in [0.29, 0.717) is 11.2 Å². The Balaban J connectivity index is 1.75. The number of aryl methyl sites for hydroxylation is 1. The Labute approximate surface area is 124 Å². The fourth-order valence-corrected chi connectivity index (χ4v) is 2.73. The monoisotopic (exact) mass is 312 g/mol. The SMILES string of the molecule is Cc1[nH]nc2ncc(C(=O)N3CCC(C(F)(F)F)CC3)cc12. The van der Waals surface area contributed by atoms with E-state index in [0.717, 1.165) is 11.1 Å². The van der Waals surface area contributed by atoms with Crippen molar-refractivity contribution >= 4 is 16.9 Å². The third-order valence-corrected chi connectivity index (χ3v) is 4.09. The minimum atomic E-state index is -4.18. The number of hydrogen-bond acceptors (Lipinski definition) is 3. The molecule has 0 aliphatic carbocycles. The Kier molecular flexibility index (Phi) is 3.54. The number of likely N-dealkylation sites (tertiary alicyclic amines) is 1. The summed E-state index contributed by atoms with van der Waals surface area (Å²) in [4.78, 5) is 18.0. The van der Waals surface area contributed by atoms with E-state index in [-0.39, 0.29) is 31.8 Å². The second kappa shape index (κ2) is 5.26. The average Bonchev–Trinajstić information content (AvgIpc) is 2.87. The summed E-state index contributed by atoms with van der Waals surface area (Å²) in [6.07, 6.45) is -2.85. The van der Waals surface area contributed by atoms with Crippen molar-refractivity contribution in [3.05, 3.63) is 23.5 Å². The Bertz CT molecular complexity index is 702. The summed E-state index contributed by atoms with van der Waals surface area (Å²) >= 11 is 0. The van der Waals surface area contributed by atoms with Gasteiger partial charge < -0.3 is 4.90 Å². The lowest BCUT2D eigenvalue weighted by molar-refractivity contribution is -0.183. The van der Waals surface area contributed by atoms with Crippen molar-refractivity contribution < 1.29 is 18.0 Å². The van der Waals surface area contributed by atoms with Gasteiger partial charge in [0.25, 0.3) is 5.91 Å². The molecular weight excluding hydrogens is 297 g/mol. The Morgan fingerprint density at radius 3 is 2.68 bits per heavy atom. The van der Waals surface area contributed by atoms with Gasteiger partial charge in [-0.05, 0) is 25.8 Å². The maximum Gasteiger partial charge on any atom is 0.391 e. The quantitative estimate of drug-likeness (QED) is 0.880. The summed E-state index contributed by atoms with van der Waals surface area (Å²) < 4.78 is 38.0. The number of H-pyrrole nitrogens is 1. The summed E-state index contributed by atoms with van der Waals surface area (Å²) in [5, 5.41) is 7.51. The first-order valence-electron chi connectivity index (χ1n) is 7.03. The number of nitrogens with one attached hydrogen (secondary N) is 1. The number of piperidine rings is 1. The van der Waals surface area contributed by atoms with Crippen LogP contribution in [0.1, 0.15) is 28.9 Å². The topological polar surface area (TPSA) is 61.9 Å². The van der Waals surface area contributed by atoms with Gasteiger partial charge in [-0.25, -0.2) is 4.98 Å². The molecule has 0 spiro atoms. The summed E-state index contributed by atoms with van der Waals surface area (Å²) in [6, 6.07) is 1.68. The predicted octanol–water partition coefficient (Wildman–Crippen LogP) is 2.68. The molecule has 22 heavy (non-hydrogen) atoms. The molecule has 1 aliphatic heterocycles. The summed E-state index contributed by atoms with van der Waals surface area (Å²) in [5.74, 6) is -1.59. The number of aromatic amines is 1. The minimum absolute atomic E-state index is 0.0460. The Morgan fingerprint density at radius 2 is 2.05 bits per heavy atom. The highest BCUT2D eigenvalue weighted by molar-refractivity contribution is 5.97. The zero-order valence-electron chi connectivity index (χ0n) is 11.9. The van der Waals surface area contributed by atoms with E-state index in [2.05, 4.69) is 15.2 Å². The molecule has 0 atom stereocenters. The van der Waals surface area contributed by atoms with Crippen LogP contribution in [0.2, 0.25) is 0 Å². The first kappa shape index (κ1) is 14.8. The number of fused-ring (bicyclic) bond motifs is 1. The molecule has 1 saturated heterocycles. The molecule has 1 fully saturated rings. The van der Waals surface area contributed by atoms with Crippen LogP contribution >= 0.6 is 0 Å². The van der Waals surface area contributed by atoms with Crippen LogP contribution in [0.3, 0.4) is 0 Å². The van der Waals surface area contributed by atoms with E-state index in [1.807, 2.05) is 6.92 Å². The molecule has 0 bridgehead atoms. The molecule has 0 radical (unpaired) electrons. The number of rotatable bonds is 1. The number of carbonyl (C=O) groups excluding carboxylic acids is 1. The van der Waals surface area contributed by atoms with Gasteiger partial charge in [0, 0.05) is 30.4 Å². The molecule has 0 unspecified atom stereocenters. The number of amides is 1. The first-order valence-corrected chi connectivity index (χ1v) is 7.03. The Morgan fingerprint density at radius 1 is 1.36 bits per heavy atom. The molecule has 8 heteroatoms. The van der Waals surface area contributed by atoms with Crippen LogP contribution in [-0.4, -0.2) is 45.3 Å². The maximum absolute atomic E-state index is 12.7. The van der Waals surface area contributed by atoms with E-state index >= 15 is 0 Å². The van der Waals surface area contributed by atoms with Crippen LogP contribution in [0.15, 0.2) is 12.3 Å². The molecule has 3 rings (SSSR count). The van der Waals surface area contributed by atoms with Crippen molar-refractivity contribution in [3.8, 4) is 0 Å². The van der Waals surface area contributed by atoms with Gasteiger partial charge in [0.15, 0.2) is 5.65 Å². The maximum atomic E-state index is 12.7. The van der Waals surface area contributed by atoms with Crippen molar-refractivity contribution in [1.82, 2.24) is 20.1 Å². The van der Waals surface area contributed by atoms with Crippen LogP contribution in [-0.2, 0) is 0 Å². The van der Waals surface area contributed by atoms with Crippen molar-refractivity contribution in [2.75, 3.05) is 13.1 Å². The zero-order chi connectivity index (χ0) is 15.9. The molecule has 3 heterocycles. The van der Waals surface area contributed by atoms with Crippen LogP contribution in [0.4, 0.5) is 13.2 Å².